The molecule has 0 fully saturated rings. The Balaban J connectivity index is 1.45. The monoisotopic (exact) mass is 380 g/mol. The first-order valence-corrected chi connectivity index (χ1v) is 8.86. The summed E-state index contributed by atoms with van der Waals surface area (Å²) in [5.41, 5.74) is 3.37. The van der Waals surface area contributed by atoms with Gasteiger partial charge in [0.2, 0.25) is 0 Å². The second-order valence-corrected chi connectivity index (χ2v) is 6.66. The molecule has 0 bridgehead atoms. The maximum Gasteiger partial charge on any atom is 0.251 e. The summed E-state index contributed by atoms with van der Waals surface area (Å²) in [4.78, 5) is 12.5. The zero-order valence-corrected chi connectivity index (χ0v) is 15.4. The fraction of sp³-hybridized carbons (Fsp3) is 0.158. The largest absolute Gasteiger partial charge is 0.350 e. The first kappa shape index (κ1) is 17.2. The molecular weight excluding hydrogens is 364 g/mol. The van der Waals surface area contributed by atoms with Gasteiger partial charge >= 0.3 is 0 Å². The third kappa shape index (κ3) is 3.54. The highest BCUT2D eigenvalue weighted by molar-refractivity contribution is 6.31. The SMILES string of the molecule is Cc1ccc(C(=O)NCCn2ccc3ccc(Cl)cc32)cc1-n1cnnn1. The van der Waals surface area contributed by atoms with Gasteiger partial charge in [0, 0.05) is 35.4 Å². The molecule has 2 heterocycles. The van der Waals surface area contributed by atoms with Gasteiger partial charge in [-0.3, -0.25) is 4.79 Å². The summed E-state index contributed by atoms with van der Waals surface area (Å²) in [7, 11) is 0. The molecule has 0 aliphatic carbocycles. The van der Waals surface area contributed by atoms with Gasteiger partial charge in [-0.05, 0) is 58.6 Å². The molecule has 0 saturated carbocycles. The molecule has 0 spiro atoms. The summed E-state index contributed by atoms with van der Waals surface area (Å²) in [5.74, 6) is -0.140. The van der Waals surface area contributed by atoms with E-state index >= 15 is 0 Å². The Morgan fingerprint density at radius 1 is 1.19 bits per heavy atom. The number of amides is 1. The summed E-state index contributed by atoms with van der Waals surface area (Å²) < 4.78 is 3.62. The normalized spacial score (nSPS) is 11.0. The highest BCUT2D eigenvalue weighted by atomic mass is 35.5. The van der Waals surface area contributed by atoms with Crippen LogP contribution in [-0.2, 0) is 6.54 Å². The van der Waals surface area contributed by atoms with Gasteiger partial charge in [0.05, 0.1) is 5.69 Å². The smallest absolute Gasteiger partial charge is 0.251 e. The van der Waals surface area contributed by atoms with E-state index in [2.05, 4.69) is 25.4 Å². The molecule has 0 unspecified atom stereocenters. The van der Waals surface area contributed by atoms with Gasteiger partial charge < -0.3 is 9.88 Å². The summed E-state index contributed by atoms with van der Waals surface area (Å²) in [6, 6.07) is 13.3. The van der Waals surface area contributed by atoms with Crippen molar-refractivity contribution in [1.29, 1.82) is 0 Å². The molecule has 27 heavy (non-hydrogen) atoms. The number of aromatic nitrogens is 5. The molecule has 4 aromatic rings. The number of benzene rings is 2. The predicted octanol–water partition coefficient (Wildman–Crippen LogP) is 3.01. The maximum atomic E-state index is 12.5. The molecule has 2 aromatic heterocycles. The number of halogens is 1. The quantitative estimate of drug-likeness (QED) is 0.577. The molecule has 2 aromatic carbocycles. The maximum absolute atomic E-state index is 12.5. The minimum Gasteiger partial charge on any atom is -0.350 e. The number of nitrogens with zero attached hydrogens (tertiary/aromatic N) is 5. The number of aryl methyl sites for hydroxylation is 1. The van der Waals surface area contributed by atoms with Crippen molar-refractivity contribution in [2.45, 2.75) is 13.5 Å². The van der Waals surface area contributed by atoms with E-state index in [0.717, 1.165) is 22.2 Å². The minimum atomic E-state index is -0.140. The number of fused-ring (bicyclic) bond motifs is 1. The lowest BCUT2D eigenvalue weighted by Gasteiger charge is -2.10. The van der Waals surface area contributed by atoms with Crippen LogP contribution < -0.4 is 5.32 Å². The Morgan fingerprint density at radius 3 is 2.89 bits per heavy atom. The number of carbonyl (C=O) groups is 1. The summed E-state index contributed by atoms with van der Waals surface area (Å²) in [6.07, 6.45) is 3.50. The van der Waals surface area contributed by atoms with Crippen molar-refractivity contribution in [3.05, 3.63) is 71.1 Å². The molecule has 0 aliphatic heterocycles. The first-order valence-electron chi connectivity index (χ1n) is 8.48. The van der Waals surface area contributed by atoms with Crippen molar-refractivity contribution < 1.29 is 4.79 Å². The van der Waals surface area contributed by atoms with Gasteiger partial charge in [0.15, 0.2) is 0 Å². The molecule has 0 saturated heterocycles. The fourth-order valence-corrected chi connectivity index (χ4v) is 3.18. The summed E-state index contributed by atoms with van der Waals surface area (Å²) >= 11 is 6.08. The van der Waals surface area contributed by atoms with Crippen LogP contribution in [0, 0.1) is 6.92 Å². The zero-order chi connectivity index (χ0) is 18.8. The van der Waals surface area contributed by atoms with Crippen molar-refractivity contribution in [2.75, 3.05) is 6.54 Å². The van der Waals surface area contributed by atoms with Crippen LogP contribution in [0.15, 0.2) is 55.0 Å². The number of hydrogen-bond acceptors (Lipinski definition) is 4. The predicted molar refractivity (Wildman–Crippen MR) is 103 cm³/mol. The van der Waals surface area contributed by atoms with E-state index in [9.17, 15) is 4.79 Å². The van der Waals surface area contributed by atoms with E-state index in [1.54, 1.807) is 16.8 Å². The van der Waals surface area contributed by atoms with Gasteiger partial charge in [-0.1, -0.05) is 23.7 Å². The Labute approximate surface area is 160 Å². The van der Waals surface area contributed by atoms with Crippen molar-refractivity contribution >= 4 is 28.4 Å². The molecule has 4 rings (SSSR count). The third-order valence-electron chi connectivity index (χ3n) is 4.44. The van der Waals surface area contributed by atoms with Crippen LogP contribution in [0.25, 0.3) is 16.6 Å². The van der Waals surface area contributed by atoms with Crippen LogP contribution in [0.3, 0.4) is 0 Å². The van der Waals surface area contributed by atoms with Gasteiger partial charge in [-0.2, -0.15) is 0 Å². The number of hydrogen-bond donors (Lipinski definition) is 1. The standard InChI is InChI=1S/C19H17ClN6O/c1-13-2-3-15(10-17(13)26-12-22-23-24-26)19(27)21-7-9-25-8-6-14-4-5-16(20)11-18(14)25/h2-6,8,10-12H,7,9H2,1H3,(H,21,27). The Hall–Kier alpha value is -3.19. The van der Waals surface area contributed by atoms with E-state index in [-0.39, 0.29) is 5.91 Å². The van der Waals surface area contributed by atoms with Crippen LogP contribution in [0.5, 0.6) is 0 Å². The average Bonchev–Trinajstić information content (AvgIpc) is 3.32. The van der Waals surface area contributed by atoms with Crippen molar-refractivity contribution in [1.82, 2.24) is 30.1 Å². The van der Waals surface area contributed by atoms with Crippen molar-refractivity contribution in [2.24, 2.45) is 0 Å². The molecule has 7 nitrogen and oxygen atoms in total. The fourth-order valence-electron chi connectivity index (χ4n) is 3.01. The highest BCUT2D eigenvalue weighted by Crippen LogP contribution is 2.20. The molecule has 136 valence electrons. The minimum absolute atomic E-state index is 0.140. The van der Waals surface area contributed by atoms with Crippen LogP contribution in [0.4, 0.5) is 0 Å². The Bertz CT molecular complexity index is 1100. The lowest BCUT2D eigenvalue weighted by Crippen LogP contribution is -2.27. The average molecular weight is 381 g/mol. The second kappa shape index (κ2) is 7.20. The van der Waals surface area contributed by atoms with Crippen LogP contribution in [-0.4, -0.2) is 37.2 Å². The van der Waals surface area contributed by atoms with Crippen LogP contribution in [0.2, 0.25) is 5.02 Å². The number of tetrazole rings is 1. The molecule has 0 aliphatic rings. The van der Waals surface area contributed by atoms with Crippen molar-refractivity contribution in [3.63, 3.8) is 0 Å². The molecular formula is C19H17ClN6O. The lowest BCUT2D eigenvalue weighted by molar-refractivity contribution is 0.0952. The number of rotatable bonds is 5. The number of carbonyl (C=O) groups excluding carboxylic acids is 1. The van der Waals surface area contributed by atoms with E-state index in [1.165, 1.54) is 6.33 Å². The van der Waals surface area contributed by atoms with Gasteiger partial charge in [-0.15, -0.1) is 5.10 Å². The Morgan fingerprint density at radius 2 is 2.07 bits per heavy atom. The van der Waals surface area contributed by atoms with Gasteiger partial charge in [-0.25, -0.2) is 4.68 Å². The van der Waals surface area contributed by atoms with Crippen LogP contribution in [0.1, 0.15) is 15.9 Å². The molecule has 1 N–H and O–H groups in total. The Kier molecular flexibility index (Phi) is 4.60. The summed E-state index contributed by atoms with van der Waals surface area (Å²) in [6.45, 7) is 3.10. The third-order valence-corrected chi connectivity index (χ3v) is 4.68. The molecule has 0 radical (unpaired) electrons. The topological polar surface area (TPSA) is 77.6 Å². The van der Waals surface area contributed by atoms with E-state index in [0.29, 0.717) is 23.7 Å². The highest BCUT2D eigenvalue weighted by Gasteiger charge is 2.10. The number of nitrogens with one attached hydrogen (secondary N) is 1. The first-order chi connectivity index (χ1) is 13.1. The van der Waals surface area contributed by atoms with Gasteiger partial charge in [0.25, 0.3) is 5.91 Å². The van der Waals surface area contributed by atoms with E-state index in [4.69, 9.17) is 11.6 Å². The second-order valence-electron chi connectivity index (χ2n) is 6.22. The van der Waals surface area contributed by atoms with E-state index in [1.807, 2.05) is 43.5 Å². The van der Waals surface area contributed by atoms with Gasteiger partial charge in [0.1, 0.15) is 6.33 Å². The van der Waals surface area contributed by atoms with Crippen molar-refractivity contribution in [3.8, 4) is 5.69 Å². The zero-order valence-electron chi connectivity index (χ0n) is 14.6. The van der Waals surface area contributed by atoms with E-state index < -0.39 is 0 Å². The molecule has 0 atom stereocenters. The summed E-state index contributed by atoms with van der Waals surface area (Å²) in [5, 5.41) is 15.9. The lowest BCUT2D eigenvalue weighted by atomic mass is 10.1. The van der Waals surface area contributed by atoms with Crippen LogP contribution >= 0.6 is 11.6 Å². The molecule has 1 amide bonds. The molecule has 8 heteroatoms.